The summed E-state index contributed by atoms with van der Waals surface area (Å²) in [5.74, 6) is 0.104. The van der Waals surface area contributed by atoms with Crippen LogP contribution in [-0.4, -0.2) is 14.7 Å². The normalized spacial score (nSPS) is 25.7. The highest BCUT2D eigenvalue weighted by molar-refractivity contribution is 9.10. The van der Waals surface area contributed by atoms with Crippen LogP contribution in [0, 0.1) is 0 Å². The Morgan fingerprint density at radius 2 is 1.87 bits per heavy atom. The lowest BCUT2D eigenvalue weighted by Gasteiger charge is -2.27. The van der Waals surface area contributed by atoms with Gasteiger partial charge in [-0.1, -0.05) is 36.4 Å². The Labute approximate surface area is 96.7 Å². The Kier molecular flexibility index (Phi) is 2.67. The molecule has 0 saturated carbocycles. The zero-order valence-corrected chi connectivity index (χ0v) is 9.61. The molecule has 1 aromatic rings. The maximum absolute atomic E-state index is 10.1. The molecule has 1 aliphatic carbocycles. The Morgan fingerprint density at radius 3 is 2.47 bits per heavy atom. The maximum Gasteiger partial charge on any atom is 0.152 e. The lowest BCUT2D eigenvalue weighted by atomic mass is 9.93. The molecule has 3 heteroatoms. The summed E-state index contributed by atoms with van der Waals surface area (Å²) >= 11 is 3.22. The number of hydrogen-bond donors (Lipinski definition) is 2. The number of hydrogen-bond acceptors (Lipinski definition) is 2. The van der Waals surface area contributed by atoms with Crippen LogP contribution >= 0.6 is 15.9 Å². The fraction of sp³-hybridized carbons (Fsp3) is 0.167. The third kappa shape index (κ3) is 1.98. The molecule has 0 fully saturated rings. The smallest absolute Gasteiger partial charge is 0.152 e. The third-order valence-corrected chi connectivity index (χ3v) is 3.09. The number of aliphatic hydroxyl groups is 2. The predicted octanol–water partition coefficient (Wildman–Crippen LogP) is 3.00. The summed E-state index contributed by atoms with van der Waals surface area (Å²) in [4.78, 5) is 0. The Hall–Kier alpha value is -1.06. The standard InChI is InChI=1S/C12H11BrO2/c13-12(15)8-4-7-10(14)11(12)9-5-2-1-3-6-9/h1-7,14-15H,8H2/t12-/m1/s1. The zero-order valence-electron chi connectivity index (χ0n) is 8.02. The van der Waals surface area contributed by atoms with E-state index in [4.69, 9.17) is 0 Å². The van der Waals surface area contributed by atoms with E-state index in [2.05, 4.69) is 15.9 Å². The Bertz CT molecular complexity index is 419. The molecular formula is C12H11BrO2. The van der Waals surface area contributed by atoms with Gasteiger partial charge in [-0.3, -0.25) is 0 Å². The van der Waals surface area contributed by atoms with Gasteiger partial charge in [0.2, 0.25) is 0 Å². The van der Waals surface area contributed by atoms with Gasteiger partial charge in [0.05, 0.1) is 0 Å². The molecule has 1 atom stereocenters. The lowest BCUT2D eigenvalue weighted by molar-refractivity contribution is 0.202. The van der Waals surface area contributed by atoms with Crippen LogP contribution in [0.3, 0.4) is 0 Å². The van der Waals surface area contributed by atoms with Gasteiger partial charge in [0, 0.05) is 12.0 Å². The summed E-state index contributed by atoms with van der Waals surface area (Å²) < 4.78 is -1.17. The van der Waals surface area contributed by atoms with Gasteiger partial charge in [-0.15, -0.1) is 0 Å². The SMILES string of the molecule is OC1=C(c2ccccc2)[C@@](O)(Br)CC=C1. The summed E-state index contributed by atoms with van der Waals surface area (Å²) in [6.07, 6.45) is 3.79. The van der Waals surface area contributed by atoms with Crippen molar-refractivity contribution in [3.63, 3.8) is 0 Å². The highest BCUT2D eigenvalue weighted by Gasteiger charge is 2.32. The van der Waals surface area contributed by atoms with Crippen molar-refractivity contribution in [1.82, 2.24) is 0 Å². The molecule has 0 aliphatic heterocycles. The van der Waals surface area contributed by atoms with Crippen molar-refractivity contribution in [3.05, 3.63) is 53.8 Å². The van der Waals surface area contributed by atoms with Crippen LogP contribution in [0.2, 0.25) is 0 Å². The van der Waals surface area contributed by atoms with E-state index in [1.807, 2.05) is 30.3 Å². The summed E-state index contributed by atoms with van der Waals surface area (Å²) in [6.45, 7) is 0. The van der Waals surface area contributed by atoms with Crippen LogP contribution in [0.25, 0.3) is 5.57 Å². The molecule has 0 aromatic heterocycles. The molecule has 0 bridgehead atoms. The average molecular weight is 267 g/mol. The number of aliphatic hydroxyl groups excluding tert-OH is 1. The molecule has 2 N–H and O–H groups in total. The van der Waals surface area contributed by atoms with Crippen molar-refractivity contribution in [2.75, 3.05) is 0 Å². The number of halogens is 1. The topological polar surface area (TPSA) is 40.5 Å². The van der Waals surface area contributed by atoms with Crippen molar-refractivity contribution in [2.45, 2.75) is 10.9 Å². The predicted molar refractivity (Wildman–Crippen MR) is 63.6 cm³/mol. The molecule has 2 nitrogen and oxygen atoms in total. The van der Waals surface area contributed by atoms with E-state index in [0.717, 1.165) is 5.56 Å². The van der Waals surface area contributed by atoms with E-state index in [1.54, 1.807) is 12.2 Å². The second-order valence-corrected chi connectivity index (χ2v) is 4.80. The van der Waals surface area contributed by atoms with Gasteiger partial charge in [-0.05, 0) is 27.6 Å². The molecule has 78 valence electrons. The van der Waals surface area contributed by atoms with Gasteiger partial charge in [0.25, 0.3) is 0 Å². The van der Waals surface area contributed by atoms with Gasteiger partial charge in [-0.25, -0.2) is 0 Å². The van der Waals surface area contributed by atoms with Crippen molar-refractivity contribution in [2.24, 2.45) is 0 Å². The minimum absolute atomic E-state index is 0.104. The first-order chi connectivity index (χ1) is 7.11. The average Bonchev–Trinajstić information content (AvgIpc) is 2.17. The number of alkyl halides is 1. The van der Waals surface area contributed by atoms with Crippen molar-refractivity contribution in [1.29, 1.82) is 0 Å². The van der Waals surface area contributed by atoms with Gasteiger partial charge < -0.3 is 10.2 Å². The van der Waals surface area contributed by atoms with E-state index in [0.29, 0.717) is 12.0 Å². The number of allylic oxidation sites excluding steroid dienone is 1. The van der Waals surface area contributed by atoms with Gasteiger partial charge in [-0.2, -0.15) is 0 Å². The summed E-state index contributed by atoms with van der Waals surface area (Å²) in [7, 11) is 0. The molecule has 15 heavy (non-hydrogen) atoms. The van der Waals surface area contributed by atoms with Crippen LogP contribution in [-0.2, 0) is 0 Å². The van der Waals surface area contributed by atoms with Crippen LogP contribution < -0.4 is 0 Å². The minimum atomic E-state index is -1.17. The van der Waals surface area contributed by atoms with Crippen molar-refractivity contribution >= 4 is 21.5 Å². The van der Waals surface area contributed by atoms with Crippen LogP contribution in [0.15, 0.2) is 48.2 Å². The van der Waals surface area contributed by atoms with Crippen LogP contribution in [0.4, 0.5) is 0 Å². The fourth-order valence-electron chi connectivity index (χ4n) is 1.68. The summed E-state index contributed by atoms with van der Waals surface area (Å²) in [6, 6.07) is 9.36. The van der Waals surface area contributed by atoms with E-state index in [1.165, 1.54) is 0 Å². The van der Waals surface area contributed by atoms with Crippen LogP contribution in [0.5, 0.6) is 0 Å². The highest BCUT2D eigenvalue weighted by Crippen LogP contribution is 2.40. The molecule has 1 aromatic carbocycles. The van der Waals surface area contributed by atoms with Crippen molar-refractivity contribution in [3.8, 4) is 0 Å². The summed E-state index contributed by atoms with van der Waals surface area (Å²) in [5, 5.41) is 19.9. The Balaban J connectivity index is 2.54. The molecule has 0 heterocycles. The quantitative estimate of drug-likeness (QED) is 0.768. The maximum atomic E-state index is 10.1. The molecule has 0 spiro atoms. The highest BCUT2D eigenvalue weighted by atomic mass is 79.9. The number of rotatable bonds is 1. The number of benzene rings is 1. The van der Waals surface area contributed by atoms with E-state index in [-0.39, 0.29) is 5.76 Å². The first kappa shape index (κ1) is 10.5. The lowest BCUT2D eigenvalue weighted by Crippen LogP contribution is -2.24. The molecule has 2 rings (SSSR count). The van der Waals surface area contributed by atoms with Crippen LogP contribution in [0.1, 0.15) is 12.0 Å². The fourth-order valence-corrected chi connectivity index (χ4v) is 2.30. The summed E-state index contributed by atoms with van der Waals surface area (Å²) in [5.41, 5.74) is 1.34. The van der Waals surface area contributed by atoms with E-state index >= 15 is 0 Å². The zero-order chi connectivity index (χ0) is 10.9. The van der Waals surface area contributed by atoms with Gasteiger partial charge >= 0.3 is 0 Å². The monoisotopic (exact) mass is 266 g/mol. The van der Waals surface area contributed by atoms with Gasteiger partial charge in [0.15, 0.2) is 4.51 Å². The van der Waals surface area contributed by atoms with Gasteiger partial charge in [0.1, 0.15) is 5.76 Å². The van der Waals surface area contributed by atoms with Crippen molar-refractivity contribution < 1.29 is 10.2 Å². The molecule has 0 radical (unpaired) electrons. The Morgan fingerprint density at radius 1 is 1.20 bits per heavy atom. The molecule has 0 unspecified atom stereocenters. The minimum Gasteiger partial charge on any atom is -0.508 e. The molecule has 1 aliphatic rings. The molecule has 0 amide bonds. The largest absolute Gasteiger partial charge is 0.508 e. The first-order valence-corrected chi connectivity index (χ1v) is 5.47. The van der Waals surface area contributed by atoms with E-state index < -0.39 is 4.51 Å². The molecule has 0 saturated heterocycles. The second kappa shape index (κ2) is 3.83. The first-order valence-electron chi connectivity index (χ1n) is 4.68. The third-order valence-electron chi connectivity index (χ3n) is 2.37. The second-order valence-electron chi connectivity index (χ2n) is 3.49. The molecular weight excluding hydrogens is 256 g/mol. The van der Waals surface area contributed by atoms with E-state index in [9.17, 15) is 10.2 Å².